The Morgan fingerprint density at radius 1 is 0.630 bits per heavy atom. The zero-order chi connectivity index (χ0) is 20.6. The molecule has 1 heterocycles. The second kappa shape index (κ2) is 9.34. The maximum absolute atomic E-state index is 6.32. The fraction of sp³-hybridized carbons (Fsp3) is 0.800. The summed E-state index contributed by atoms with van der Waals surface area (Å²) < 4.78 is 12.6. The largest absolute Gasteiger partial charge is 0.491 e. The molecule has 7 heteroatoms. The van der Waals surface area contributed by atoms with Gasteiger partial charge in [0.2, 0.25) is 0 Å². The van der Waals surface area contributed by atoms with Crippen LogP contribution in [0.2, 0.25) is 0 Å². The van der Waals surface area contributed by atoms with Crippen molar-refractivity contribution in [2.24, 2.45) is 0 Å². The number of hydrogen-bond acceptors (Lipinski definition) is 4. The van der Waals surface area contributed by atoms with Gasteiger partial charge in [-0.25, -0.2) is 9.97 Å². The summed E-state index contributed by atoms with van der Waals surface area (Å²) in [5.41, 5.74) is 0. The molecule has 1 radical (unpaired) electrons. The Hall–Kier alpha value is 0.189. The van der Waals surface area contributed by atoms with Gasteiger partial charge in [0, 0.05) is 52.5 Å². The van der Waals surface area contributed by atoms with Gasteiger partial charge < -0.3 is 15.1 Å². The predicted octanol–water partition coefficient (Wildman–Crippen LogP) is 7.02. The molecule has 27 heavy (non-hydrogen) atoms. The first kappa shape index (κ1) is 27.2. The van der Waals surface area contributed by atoms with Gasteiger partial charge in [-0.15, -0.1) is 0 Å². The molecule has 0 atom stereocenters. The average molecular weight is 592 g/mol. The maximum Gasteiger partial charge on any atom is 0.116 e. The van der Waals surface area contributed by atoms with Crippen molar-refractivity contribution < 1.29 is 29.2 Å². The van der Waals surface area contributed by atoms with E-state index < -0.39 is 16.3 Å². The molecule has 0 aliphatic rings. The van der Waals surface area contributed by atoms with Gasteiger partial charge in [0.25, 0.3) is 0 Å². The Labute approximate surface area is 183 Å². The molecule has 4 nitrogen and oxygen atoms in total. The molecule has 0 aliphatic carbocycles. The van der Waals surface area contributed by atoms with E-state index in [1.165, 1.54) is 6.33 Å². The van der Waals surface area contributed by atoms with E-state index in [4.69, 9.17) is 9.05 Å². The van der Waals surface area contributed by atoms with Gasteiger partial charge in [-0.1, -0.05) is 83.1 Å². The minimum atomic E-state index is -0.769. The van der Waals surface area contributed by atoms with Gasteiger partial charge in [0.1, 0.15) is 6.33 Å². The maximum atomic E-state index is 6.32. The summed E-state index contributed by atoms with van der Waals surface area (Å²) >= 11 is 0. The van der Waals surface area contributed by atoms with Gasteiger partial charge in [-0.05, 0) is 0 Å². The molecule has 1 rings (SSSR count). The molecule has 0 aliphatic heterocycles. The molecular formula is C20H37IrN2O2P2-. The summed E-state index contributed by atoms with van der Waals surface area (Å²) in [4.78, 5) is 8.58. The molecule has 0 aromatic carbocycles. The van der Waals surface area contributed by atoms with Crippen LogP contribution in [0.5, 0.6) is 11.8 Å². The second-order valence-electron chi connectivity index (χ2n) is 10.6. The van der Waals surface area contributed by atoms with Crippen molar-refractivity contribution in [2.45, 2.75) is 104 Å². The van der Waals surface area contributed by atoms with E-state index in [0.29, 0.717) is 11.8 Å². The third-order valence-electron chi connectivity index (χ3n) is 3.36. The molecule has 0 saturated carbocycles. The first-order valence-electron chi connectivity index (χ1n) is 9.13. The van der Waals surface area contributed by atoms with E-state index in [2.05, 4.69) is 99.1 Å². The SMILES string of the molecule is CC(C)(C)P(Oc1[c-]c(OP(C(C)(C)C)C(C)(C)C)ncn1)C(C)(C)C.[Ir]. The minimum Gasteiger partial charge on any atom is -0.491 e. The fourth-order valence-corrected chi connectivity index (χ4v) is 8.77. The third kappa shape index (κ3) is 8.61. The van der Waals surface area contributed by atoms with Crippen LogP contribution in [0, 0.1) is 6.07 Å². The van der Waals surface area contributed by atoms with Crippen LogP contribution in [0.15, 0.2) is 6.33 Å². The summed E-state index contributed by atoms with van der Waals surface area (Å²) in [6.45, 7) is 26.5. The monoisotopic (exact) mass is 592 g/mol. The van der Waals surface area contributed by atoms with Gasteiger partial charge in [-0.2, -0.15) is 0 Å². The van der Waals surface area contributed by atoms with Crippen molar-refractivity contribution in [3.05, 3.63) is 12.4 Å². The van der Waals surface area contributed by atoms with Crippen molar-refractivity contribution in [1.82, 2.24) is 9.97 Å². The first-order chi connectivity index (χ1) is 11.4. The topological polar surface area (TPSA) is 44.2 Å². The smallest absolute Gasteiger partial charge is 0.116 e. The second-order valence-corrected chi connectivity index (χ2v) is 17.5. The normalized spacial score (nSPS) is 13.6. The number of hydrogen-bond donors (Lipinski definition) is 0. The van der Waals surface area contributed by atoms with Crippen LogP contribution >= 0.6 is 16.3 Å². The van der Waals surface area contributed by atoms with Crippen LogP contribution in [0.4, 0.5) is 0 Å². The Morgan fingerprint density at radius 2 is 0.889 bits per heavy atom. The van der Waals surface area contributed by atoms with E-state index in [1.807, 2.05) is 0 Å². The van der Waals surface area contributed by atoms with Gasteiger partial charge in [-0.3, -0.25) is 0 Å². The van der Waals surface area contributed by atoms with Crippen LogP contribution in [0.1, 0.15) is 83.1 Å². The van der Waals surface area contributed by atoms with Crippen molar-refractivity contribution >= 4 is 16.3 Å². The van der Waals surface area contributed by atoms with E-state index >= 15 is 0 Å². The number of aromatic nitrogens is 2. The van der Waals surface area contributed by atoms with Crippen LogP contribution in [-0.4, -0.2) is 30.6 Å². The molecule has 0 saturated heterocycles. The summed E-state index contributed by atoms with van der Waals surface area (Å²) in [6, 6.07) is 3.16. The summed E-state index contributed by atoms with van der Waals surface area (Å²) in [7, 11) is -1.54. The van der Waals surface area contributed by atoms with E-state index in [-0.39, 0.29) is 40.7 Å². The Balaban J connectivity index is 0.00000676. The quantitative estimate of drug-likeness (QED) is 0.279. The molecule has 1 aromatic rings. The van der Waals surface area contributed by atoms with E-state index in [9.17, 15) is 0 Å². The zero-order valence-corrected chi connectivity index (χ0v) is 23.2. The number of rotatable bonds is 4. The zero-order valence-electron chi connectivity index (χ0n) is 19.0. The van der Waals surface area contributed by atoms with E-state index in [1.54, 1.807) is 0 Å². The summed E-state index contributed by atoms with van der Waals surface area (Å²) in [5.74, 6) is 0.951. The fourth-order valence-electron chi connectivity index (χ4n) is 3.12. The van der Waals surface area contributed by atoms with Crippen LogP contribution in [0.3, 0.4) is 0 Å². The standard InChI is InChI=1S/C20H37N2O2P2.Ir/c1-17(2,3)25(18(4,5)6)23-15-13-16(22-14-21-15)24-26(19(7,8)9)20(10,11)12;/h14H,1-12H3;/q-1;. The summed E-state index contributed by atoms with van der Waals surface area (Å²) in [5, 5.41) is 0.154. The Morgan fingerprint density at radius 3 is 1.11 bits per heavy atom. The Kier molecular flexibility index (Phi) is 9.40. The minimum absolute atomic E-state index is 0. The van der Waals surface area contributed by atoms with Gasteiger partial charge in [0.05, 0.1) is 16.3 Å². The molecule has 0 N–H and O–H groups in total. The molecule has 0 bridgehead atoms. The molecule has 159 valence electrons. The Bertz CT molecular complexity index is 522. The first-order valence-corrected chi connectivity index (χ1v) is 11.7. The van der Waals surface area contributed by atoms with Crippen molar-refractivity contribution in [2.75, 3.05) is 0 Å². The van der Waals surface area contributed by atoms with Gasteiger partial charge in [0.15, 0.2) is 0 Å². The molecular weight excluding hydrogens is 554 g/mol. The molecule has 0 fully saturated rings. The summed E-state index contributed by atoms with van der Waals surface area (Å²) in [6.07, 6.45) is 1.51. The molecule has 1 aromatic heterocycles. The molecule has 0 spiro atoms. The third-order valence-corrected chi connectivity index (χ3v) is 8.94. The van der Waals surface area contributed by atoms with Gasteiger partial charge >= 0.3 is 0 Å². The van der Waals surface area contributed by atoms with Crippen LogP contribution in [-0.2, 0) is 20.1 Å². The van der Waals surface area contributed by atoms with Crippen LogP contribution < -0.4 is 9.05 Å². The van der Waals surface area contributed by atoms with E-state index in [0.717, 1.165) is 0 Å². The predicted molar refractivity (Wildman–Crippen MR) is 115 cm³/mol. The molecule has 0 unspecified atom stereocenters. The van der Waals surface area contributed by atoms with Crippen molar-refractivity contribution in [3.63, 3.8) is 0 Å². The van der Waals surface area contributed by atoms with Crippen LogP contribution in [0.25, 0.3) is 0 Å². The number of nitrogens with zero attached hydrogens (tertiary/aromatic N) is 2. The average Bonchev–Trinajstić information content (AvgIpc) is 2.37. The molecule has 0 amide bonds. The van der Waals surface area contributed by atoms with Crippen molar-refractivity contribution in [3.8, 4) is 11.8 Å². The van der Waals surface area contributed by atoms with Crippen molar-refractivity contribution in [1.29, 1.82) is 0 Å².